The van der Waals surface area contributed by atoms with Crippen molar-refractivity contribution in [3.8, 4) is 0 Å². The second-order valence-corrected chi connectivity index (χ2v) is 10.0. The lowest BCUT2D eigenvalue weighted by molar-refractivity contribution is -0.120. The van der Waals surface area contributed by atoms with Gasteiger partial charge in [-0.1, -0.05) is 41.4 Å². The van der Waals surface area contributed by atoms with E-state index in [1.54, 1.807) is 30.3 Å². The summed E-state index contributed by atoms with van der Waals surface area (Å²) < 4.78 is 43.3. The number of halogens is 3. The minimum atomic E-state index is -4.51. The third-order valence-corrected chi connectivity index (χ3v) is 7.45. The highest BCUT2D eigenvalue weighted by molar-refractivity contribution is 7.93. The summed E-state index contributed by atoms with van der Waals surface area (Å²) >= 11 is 12.0. The zero-order valence-electron chi connectivity index (χ0n) is 17.6. The summed E-state index contributed by atoms with van der Waals surface area (Å²) in [6.45, 7) is 0.187. The van der Waals surface area contributed by atoms with Gasteiger partial charge in [0.15, 0.2) is 0 Å². The quantitative estimate of drug-likeness (QED) is 0.483. The van der Waals surface area contributed by atoms with Gasteiger partial charge in [-0.2, -0.15) is 0 Å². The molecule has 1 heterocycles. The van der Waals surface area contributed by atoms with Crippen LogP contribution in [0.2, 0.25) is 10.0 Å². The van der Waals surface area contributed by atoms with Gasteiger partial charge in [0, 0.05) is 28.8 Å². The molecule has 0 spiro atoms. The number of carbonyl (C=O) groups is 1. The number of hydrogen-bond acceptors (Lipinski definition) is 5. The van der Waals surface area contributed by atoms with Crippen LogP contribution in [0.4, 0.5) is 15.8 Å². The predicted molar refractivity (Wildman–Crippen MR) is 132 cm³/mol. The zero-order valence-corrected chi connectivity index (χ0v) is 19.9. The van der Waals surface area contributed by atoms with Crippen LogP contribution in [-0.2, 0) is 14.8 Å². The van der Waals surface area contributed by atoms with E-state index in [-0.39, 0.29) is 23.0 Å². The normalized spacial score (nSPS) is 16.8. The molecule has 1 atom stereocenters. The summed E-state index contributed by atoms with van der Waals surface area (Å²) in [7, 11) is -4.51. The average Bonchev–Trinajstić information content (AvgIpc) is 3.61. The lowest BCUT2D eigenvalue weighted by Gasteiger charge is -2.34. The van der Waals surface area contributed by atoms with Crippen LogP contribution in [0, 0.1) is 5.82 Å². The number of benzene rings is 3. The SMILES string of the molecule is NCCN(C(=O)[C@]1(N(c2cc(Cl)ccc2F)S(=O)(=O)c2ccc(Cl)cc2)C=N1)c1ccccc1. The fraction of sp³-hybridized carbons (Fsp3) is 0.130. The number of rotatable bonds is 8. The van der Waals surface area contributed by atoms with E-state index in [1.165, 1.54) is 35.2 Å². The number of aliphatic imine (C=N–C) groups is 1. The van der Waals surface area contributed by atoms with E-state index in [9.17, 15) is 13.2 Å². The van der Waals surface area contributed by atoms with Gasteiger partial charge >= 0.3 is 0 Å². The molecule has 0 bridgehead atoms. The van der Waals surface area contributed by atoms with Crippen LogP contribution in [0.15, 0.2) is 82.7 Å². The smallest absolute Gasteiger partial charge is 0.282 e. The highest BCUT2D eigenvalue weighted by Gasteiger charge is 2.58. The number of carbonyl (C=O) groups excluding carboxylic acids is 1. The first-order chi connectivity index (χ1) is 16.2. The Balaban J connectivity index is 1.89. The lowest BCUT2D eigenvalue weighted by Crippen LogP contribution is -2.56. The molecule has 1 aliphatic heterocycles. The molecule has 0 fully saturated rings. The summed E-state index contributed by atoms with van der Waals surface area (Å²) in [4.78, 5) is 19.0. The Morgan fingerprint density at radius 1 is 1.00 bits per heavy atom. The third-order valence-electron chi connectivity index (χ3n) is 5.14. The molecule has 7 nitrogen and oxygen atoms in total. The van der Waals surface area contributed by atoms with Crippen molar-refractivity contribution in [1.29, 1.82) is 0 Å². The maximum atomic E-state index is 15.0. The molecule has 0 radical (unpaired) electrons. The topological polar surface area (TPSA) is 96.1 Å². The molecular formula is C23H19Cl2FN4O3S. The van der Waals surface area contributed by atoms with Crippen molar-refractivity contribution in [3.05, 3.63) is 88.7 Å². The standard InChI is InChI=1S/C23H19Cl2FN4O3S/c24-16-6-9-19(10-7-16)34(32,33)30(21-14-17(25)8-11-20(21)26)23(15-28-23)22(31)29(13-12-27)18-4-2-1-3-5-18/h1-11,14-15H,12-13,27H2/t23-/m1/s1. The number of para-hydroxylation sites is 1. The molecule has 2 N–H and O–H groups in total. The van der Waals surface area contributed by atoms with E-state index >= 15 is 4.39 Å². The van der Waals surface area contributed by atoms with Gasteiger partial charge in [0.25, 0.3) is 21.6 Å². The van der Waals surface area contributed by atoms with Crippen LogP contribution in [0.3, 0.4) is 0 Å². The van der Waals surface area contributed by atoms with Crippen LogP contribution >= 0.6 is 23.2 Å². The van der Waals surface area contributed by atoms with E-state index in [2.05, 4.69) is 4.99 Å². The number of nitrogens with two attached hydrogens (primary N) is 1. The first-order valence-corrected chi connectivity index (χ1v) is 12.3. The Kier molecular flexibility index (Phi) is 6.64. The molecule has 0 aliphatic carbocycles. The van der Waals surface area contributed by atoms with Crippen LogP contribution in [0.5, 0.6) is 0 Å². The van der Waals surface area contributed by atoms with Crippen molar-refractivity contribution in [1.82, 2.24) is 0 Å². The molecule has 1 amide bonds. The Labute approximate surface area is 206 Å². The molecule has 0 saturated carbocycles. The zero-order chi connectivity index (χ0) is 24.5. The summed E-state index contributed by atoms with van der Waals surface area (Å²) in [6, 6.07) is 17.3. The summed E-state index contributed by atoms with van der Waals surface area (Å²) in [5.74, 6) is -1.60. The third kappa shape index (κ3) is 4.39. The van der Waals surface area contributed by atoms with E-state index in [1.807, 2.05) is 0 Å². The fourth-order valence-electron chi connectivity index (χ4n) is 3.50. The molecule has 4 rings (SSSR count). The van der Waals surface area contributed by atoms with E-state index in [4.69, 9.17) is 28.9 Å². The second-order valence-electron chi connectivity index (χ2n) is 7.38. The molecule has 1 aliphatic rings. The van der Waals surface area contributed by atoms with Crippen molar-refractivity contribution in [2.24, 2.45) is 10.7 Å². The van der Waals surface area contributed by atoms with Gasteiger partial charge < -0.3 is 10.6 Å². The van der Waals surface area contributed by atoms with Gasteiger partial charge in [-0.15, -0.1) is 0 Å². The van der Waals surface area contributed by atoms with E-state index < -0.39 is 33.1 Å². The van der Waals surface area contributed by atoms with E-state index in [0.717, 1.165) is 18.3 Å². The first kappa shape index (κ1) is 24.2. The Hall–Kier alpha value is -2.98. The van der Waals surface area contributed by atoms with Gasteiger partial charge in [-0.25, -0.2) is 22.1 Å². The molecule has 0 saturated heterocycles. The highest BCUT2D eigenvalue weighted by Crippen LogP contribution is 2.41. The number of amides is 1. The molecule has 0 aromatic heterocycles. The van der Waals surface area contributed by atoms with Crippen LogP contribution in [0.1, 0.15) is 0 Å². The van der Waals surface area contributed by atoms with Crippen LogP contribution in [0.25, 0.3) is 0 Å². The summed E-state index contributed by atoms with van der Waals surface area (Å²) in [6.07, 6.45) is 1.16. The molecule has 11 heteroatoms. The minimum Gasteiger partial charge on any atom is -0.329 e. The molecule has 34 heavy (non-hydrogen) atoms. The van der Waals surface area contributed by atoms with Gasteiger partial charge in [0.1, 0.15) is 5.82 Å². The minimum absolute atomic E-state index is 0.0813. The van der Waals surface area contributed by atoms with Crippen LogP contribution in [-0.4, -0.2) is 39.3 Å². The number of hydrogen-bond donors (Lipinski definition) is 1. The molecule has 3 aromatic carbocycles. The first-order valence-electron chi connectivity index (χ1n) is 10.1. The van der Waals surface area contributed by atoms with Crippen molar-refractivity contribution in [2.45, 2.75) is 10.6 Å². The molecular weight excluding hydrogens is 502 g/mol. The largest absolute Gasteiger partial charge is 0.329 e. The maximum absolute atomic E-state index is 15.0. The van der Waals surface area contributed by atoms with Gasteiger partial charge in [0.05, 0.1) is 16.8 Å². The van der Waals surface area contributed by atoms with Gasteiger partial charge in [0.2, 0.25) is 0 Å². The highest BCUT2D eigenvalue weighted by atomic mass is 35.5. The number of nitrogens with zero attached hydrogens (tertiary/aromatic N) is 3. The monoisotopic (exact) mass is 520 g/mol. The van der Waals surface area contributed by atoms with Gasteiger partial charge in [-0.05, 0) is 54.6 Å². The Morgan fingerprint density at radius 2 is 1.62 bits per heavy atom. The van der Waals surface area contributed by atoms with E-state index in [0.29, 0.717) is 15.0 Å². The van der Waals surface area contributed by atoms with Crippen molar-refractivity contribution in [3.63, 3.8) is 0 Å². The van der Waals surface area contributed by atoms with Crippen molar-refractivity contribution >= 4 is 56.7 Å². The molecule has 176 valence electrons. The molecule has 0 unspecified atom stereocenters. The fourth-order valence-corrected chi connectivity index (χ4v) is 5.42. The summed E-state index contributed by atoms with van der Waals surface area (Å²) in [5, 5.41) is 0.393. The van der Waals surface area contributed by atoms with Crippen LogP contribution < -0.4 is 14.9 Å². The number of sulfonamides is 1. The Bertz CT molecular complexity index is 1350. The van der Waals surface area contributed by atoms with Gasteiger partial charge in [-0.3, -0.25) is 4.79 Å². The van der Waals surface area contributed by atoms with Crippen molar-refractivity contribution < 1.29 is 17.6 Å². The van der Waals surface area contributed by atoms with Crippen molar-refractivity contribution in [2.75, 3.05) is 22.3 Å². The molecule has 3 aromatic rings. The second kappa shape index (κ2) is 9.34. The average molecular weight is 521 g/mol. The Morgan fingerprint density at radius 3 is 2.21 bits per heavy atom. The maximum Gasteiger partial charge on any atom is 0.282 e. The summed E-state index contributed by atoms with van der Waals surface area (Å²) in [5.41, 5.74) is 3.77. The lowest BCUT2D eigenvalue weighted by atomic mass is 10.2. The number of anilines is 2. The predicted octanol–water partition coefficient (Wildman–Crippen LogP) is 4.10.